The fraction of sp³-hybridized carbons (Fsp3) is 0.409. The topological polar surface area (TPSA) is 240 Å². The van der Waals surface area contributed by atoms with Gasteiger partial charge in [0.2, 0.25) is 17.7 Å². The Labute approximate surface area is 205 Å². The summed E-state index contributed by atoms with van der Waals surface area (Å²) in [4.78, 5) is 55.8. The number of aliphatic hydroxyl groups excluding tert-OH is 2. The zero-order valence-corrected chi connectivity index (χ0v) is 19.4. The van der Waals surface area contributed by atoms with E-state index in [1.54, 1.807) is 12.1 Å². The zero-order valence-electron chi connectivity index (χ0n) is 19.4. The molecule has 0 aliphatic carbocycles. The molecule has 5 atom stereocenters. The minimum atomic E-state index is -1.56. The van der Waals surface area contributed by atoms with Crippen LogP contribution in [0, 0.1) is 0 Å². The third-order valence-electron chi connectivity index (χ3n) is 5.20. The van der Waals surface area contributed by atoms with Gasteiger partial charge < -0.3 is 47.1 Å². The van der Waals surface area contributed by atoms with Gasteiger partial charge in [-0.05, 0) is 31.0 Å². The monoisotopic (exact) mass is 506 g/mol. The smallest absolute Gasteiger partial charge is 0.326 e. The number of carboxylic acid groups (broad SMARTS) is 1. The van der Waals surface area contributed by atoms with E-state index in [0.29, 0.717) is 11.3 Å². The van der Waals surface area contributed by atoms with Crippen molar-refractivity contribution in [1.29, 1.82) is 0 Å². The number of hydrogen-bond acceptors (Lipinski definition) is 9. The summed E-state index contributed by atoms with van der Waals surface area (Å²) in [7, 11) is 0. The van der Waals surface area contributed by atoms with Crippen LogP contribution in [-0.2, 0) is 32.0 Å². The van der Waals surface area contributed by atoms with Crippen molar-refractivity contribution < 1.29 is 39.6 Å². The van der Waals surface area contributed by atoms with Crippen molar-refractivity contribution in [3.63, 3.8) is 0 Å². The number of nitrogens with one attached hydrogen (secondary N) is 4. The molecule has 196 valence electrons. The number of carbonyl (C=O) groups excluding carboxylic acids is 3. The van der Waals surface area contributed by atoms with Gasteiger partial charge in [-0.2, -0.15) is 0 Å². The highest BCUT2D eigenvalue weighted by molar-refractivity contribution is 5.94. The lowest BCUT2D eigenvalue weighted by Crippen LogP contribution is -2.60. The highest BCUT2D eigenvalue weighted by Gasteiger charge is 2.32. The van der Waals surface area contributed by atoms with Crippen molar-refractivity contribution >= 4 is 23.7 Å². The molecule has 5 unspecified atom stereocenters. The summed E-state index contributed by atoms with van der Waals surface area (Å²) in [6.07, 6.45) is 1.28. The van der Waals surface area contributed by atoms with Gasteiger partial charge in [-0.15, -0.1) is 0 Å². The number of nitrogens with zero attached hydrogens (tertiary/aromatic N) is 1. The summed E-state index contributed by atoms with van der Waals surface area (Å²) >= 11 is 0. The number of benzene rings is 1. The predicted octanol–water partition coefficient (Wildman–Crippen LogP) is -2.86. The quantitative estimate of drug-likeness (QED) is 0.135. The second-order valence-electron chi connectivity index (χ2n) is 8.13. The standard InChI is InChI=1S/C22H30N6O8/c1-11(30)18(28-19(32)15(23)6-12-2-4-14(31)5-3-12)21(34)27-17(9-29)20(33)26-16(22(35)36)7-13-8-24-10-25-13/h2-5,8,10-11,15-18,29-31H,6-7,9,23H2,1H3,(H,24,25)(H,26,33)(H,27,34)(H,28,32)(H,35,36). The Hall–Kier alpha value is -4.01. The molecule has 0 radical (unpaired) electrons. The van der Waals surface area contributed by atoms with E-state index in [4.69, 9.17) is 5.73 Å². The van der Waals surface area contributed by atoms with Gasteiger partial charge in [0, 0.05) is 18.3 Å². The average Bonchev–Trinajstić information content (AvgIpc) is 3.34. The molecule has 0 fully saturated rings. The van der Waals surface area contributed by atoms with Crippen LogP contribution in [0.15, 0.2) is 36.8 Å². The molecule has 0 bridgehead atoms. The van der Waals surface area contributed by atoms with Crippen LogP contribution in [0.4, 0.5) is 0 Å². The third-order valence-corrected chi connectivity index (χ3v) is 5.20. The van der Waals surface area contributed by atoms with Gasteiger partial charge >= 0.3 is 5.97 Å². The summed E-state index contributed by atoms with van der Waals surface area (Å²) in [5.41, 5.74) is 6.98. The Morgan fingerprint density at radius 1 is 1.00 bits per heavy atom. The number of aliphatic carboxylic acids is 1. The van der Waals surface area contributed by atoms with Crippen LogP contribution in [0.1, 0.15) is 18.2 Å². The number of H-pyrrole nitrogens is 1. The maximum atomic E-state index is 12.7. The number of imidazole rings is 1. The molecule has 14 heteroatoms. The lowest BCUT2D eigenvalue weighted by atomic mass is 10.0. The van der Waals surface area contributed by atoms with Crippen LogP contribution >= 0.6 is 0 Å². The highest BCUT2D eigenvalue weighted by Crippen LogP contribution is 2.11. The number of rotatable bonds is 13. The van der Waals surface area contributed by atoms with E-state index in [1.807, 2.05) is 0 Å². The van der Waals surface area contributed by atoms with Crippen molar-refractivity contribution in [2.24, 2.45) is 5.73 Å². The Bertz CT molecular complexity index is 1030. The SMILES string of the molecule is CC(O)C(NC(=O)C(N)Cc1ccc(O)cc1)C(=O)NC(CO)C(=O)NC(Cc1cnc[nH]1)C(=O)O. The first-order chi connectivity index (χ1) is 17.0. The molecule has 3 amide bonds. The fourth-order valence-electron chi connectivity index (χ4n) is 3.19. The van der Waals surface area contributed by atoms with Crippen LogP contribution in [0.25, 0.3) is 0 Å². The second-order valence-corrected chi connectivity index (χ2v) is 8.13. The zero-order chi connectivity index (χ0) is 26.8. The van der Waals surface area contributed by atoms with Gasteiger partial charge in [0.25, 0.3) is 0 Å². The molecule has 1 aromatic carbocycles. The van der Waals surface area contributed by atoms with Crippen LogP contribution < -0.4 is 21.7 Å². The Balaban J connectivity index is 2.00. The predicted molar refractivity (Wildman–Crippen MR) is 124 cm³/mol. The van der Waals surface area contributed by atoms with Gasteiger partial charge in [0.05, 0.1) is 25.1 Å². The van der Waals surface area contributed by atoms with Crippen molar-refractivity contribution in [2.45, 2.75) is 50.0 Å². The number of aromatic nitrogens is 2. The first-order valence-corrected chi connectivity index (χ1v) is 10.9. The highest BCUT2D eigenvalue weighted by atomic mass is 16.4. The van der Waals surface area contributed by atoms with Crippen LogP contribution in [0.2, 0.25) is 0 Å². The van der Waals surface area contributed by atoms with E-state index in [2.05, 4.69) is 25.9 Å². The molecule has 2 aromatic rings. The molecule has 0 aliphatic rings. The maximum absolute atomic E-state index is 12.7. The molecular weight excluding hydrogens is 476 g/mol. The van der Waals surface area contributed by atoms with E-state index >= 15 is 0 Å². The molecule has 0 aliphatic heterocycles. The minimum Gasteiger partial charge on any atom is -0.508 e. The normalized spacial score (nSPS) is 15.1. The summed E-state index contributed by atoms with van der Waals surface area (Å²) < 4.78 is 0. The minimum absolute atomic E-state index is 0.0427. The number of aromatic hydroxyl groups is 1. The Morgan fingerprint density at radius 2 is 1.64 bits per heavy atom. The van der Waals surface area contributed by atoms with Crippen molar-refractivity contribution in [3.05, 3.63) is 48.0 Å². The number of aromatic amines is 1. The summed E-state index contributed by atoms with van der Waals surface area (Å²) in [5.74, 6) is -4.05. The van der Waals surface area contributed by atoms with E-state index < -0.39 is 60.6 Å². The number of nitrogens with two attached hydrogens (primary N) is 1. The van der Waals surface area contributed by atoms with Crippen LogP contribution in [0.3, 0.4) is 0 Å². The summed E-state index contributed by atoms with van der Waals surface area (Å²) in [5, 5.41) is 45.1. The summed E-state index contributed by atoms with van der Waals surface area (Å²) in [6, 6.07) is 0.431. The number of carbonyl (C=O) groups is 4. The average molecular weight is 507 g/mol. The van der Waals surface area contributed by atoms with Crippen LogP contribution in [-0.4, -0.2) is 91.0 Å². The number of phenols is 1. The Kier molecular flexibility index (Phi) is 10.3. The first-order valence-electron chi connectivity index (χ1n) is 10.9. The van der Waals surface area contributed by atoms with Crippen LogP contribution in [0.5, 0.6) is 5.75 Å². The lowest BCUT2D eigenvalue weighted by molar-refractivity contribution is -0.142. The van der Waals surface area contributed by atoms with Gasteiger partial charge in [-0.3, -0.25) is 14.4 Å². The maximum Gasteiger partial charge on any atom is 0.326 e. The molecule has 2 rings (SSSR count). The number of amides is 3. The molecule has 0 saturated heterocycles. The van der Waals surface area contributed by atoms with E-state index in [1.165, 1.54) is 31.6 Å². The molecule has 10 N–H and O–H groups in total. The molecule has 0 spiro atoms. The fourth-order valence-corrected chi connectivity index (χ4v) is 3.19. The van der Waals surface area contributed by atoms with Gasteiger partial charge in [0.15, 0.2) is 0 Å². The number of hydrogen-bond donors (Lipinski definition) is 9. The van der Waals surface area contributed by atoms with E-state index in [0.717, 1.165) is 0 Å². The molecular formula is C22H30N6O8. The molecule has 1 aromatic heterocycles. The van der Waals surface area contributed by atoms with Gasteiger partial charge in [-0.1, -0.05) is 12.1 Å². The molecule has 36 heavy (non-hydrogen) atoms. The number of carboxylic acids is 1. The van der Waals surface area contributed by atoms with Crippen molar-refractivity contribution in [2.75, 3.05) is 6.61 Å². The third kappa shape index (κ3) is 8.33. The van der Waals surface area contributed by atoms with Crippen molar-refractivity contribution in [3.8, 4) is 5.75 Å². The summed E-state index contributed by atoms with van der Waals surface area (Å²) in [6.45, 7) is 0.351. The molecule has 0 saturated carbocycles. The second kappa shape index (κ2) is 13.2. The molecule has 1 heterocycles. The van der Waals surface area contributed by atoms with Gasteiger partial charge in [-0.25, -0.2) is 9.78 Å². The number of aliphatic hydroxyl groups is 2. The first kappa shape index (κ1) is 28.2. The van der Waals surface area contributed by atoms with Gasteiger partial charge in [0.1, 0.15) is 23.9 Å². The largest absolute Gasteiger partial charge is 0.508 e. The number of phenolic OH excluding ortho intramolecular Hbond substituents is 1. The van der Waals surface area contributed by atoms with E-state index in [9.17, 15) is 39.6 Å². The molecule has 14 nitrogen and oxygen atoms in total. The lowest BCUT2D eigenvalue weighted by Gasteiger charge is -2.25. The van der Waals surface area contributed by atoms with Crippen molar-refractivity contribution in [1.82, 2.24) is 25.9 Å². The van der Waals surface area contributed by atoms with E-state index in [-0.39, 0.29) is 18.6 Å². The Morgan fingerprint density at radius 3 is 2.17 bits per heavy atom.